The van der Waals surface area contributed by atoms with Crippen LogP contribution in [-0.2, 0) is 0 Å². The Kier molecular flexibility index (Phi) is 5.34. The maximum absolute atomic E-state index is 13.8. The summed E-state index contributed by atoms with van der Waals surface area (Å²) in [5, 5.41) is 9.67. The molecule has 4 rings (SSSR count). The number of ether oxygens (including phenoxy) is 1. The summed E-state index contributed by atoms with van der Waals surface area (Å²) in [6, 6.07) is 11.5. The normalized spacial score (nSPS) is 18.1. The third kappa shape index (κ3) is 4.21. The summed E-state index contributed by atoms with van der Waals surface area (Å²) >= 11 is 0. The van der Waals surface area contributed by atoms with Gasteiger partial charge in [0.25, 0.3) is 5.91 Å². The van der Waals surface area contributed by atoms with Gasteiger partial charge >= 0.3 is 6.18 Å². The lowest BCUT2D eigenvalue weighted by Crippen LogP contribution is -2.36. The van der Waals surface area contributed by atoms with Gasteiger partial charge in [-0.1, -0.05) is 29.8 Å². The summed E-state index contributed by atoms with van der Waals surface area (Å²) in [5.74, 6) is 0.117. The molecule has 31 heavy (non-hydrogen) atoms. The molecule has 1 aromatic heterocycles. The largest absolute Gasteiger partial charge is 0.497 e. The van der Waals surface area contributed by atoms with Crippen LogP contribution in [0, 0.1) is 6.92 Å². The number of nitrogens with zero attached hydrogens (tertiary/aromatic N) is 2. The third-order valence-corrected chi connectivity index (χ3v) is 5.31. The van der Waals surface area contributed by atoms with E-state index in [1.807, 2.05) is 19.1 Å². The van der Waals surface area contributed by atoms with Crippen LogP contribution in [0.3, 0.4) is 0 Å². The van der Waals surface area contributed by atoms with Crippen LogP contribution in [0.15, 0.2) is 54.7 Å². The van der Waals surface area contributed by atoms with E-state index in [1.54, 1.807) is 36.4 Å². The smallest absolute Gasteiger partial charge is 0.410 e. The number of aromatic nitrogens is 2. The predicted octanol–water partition coefficient (Wildman–Crippen LogP) is 5.11. The first-order chi connectivity index (χ1) is 14.8. The molecule has 0 spiro atoms. The summed E-state index contributed by atoms with van der Waals surface area (Å²) < 4.78 is 47.3. The molecule has 1 amide bonds. The minimum atomic E-state index is -4.50. The molecule has 2 N–H and O–H groups in total. The minimum absolute atomic E-state index is 0.0434. The Morgan fingerprint density at radius 1 is 1.16 bits per heavy atom. The summed E-state index contributed by atoms with van der Waals surface area (Å²) in [7, 11) is 1.53. The van der Waals surface area contributed by atoms with E-state index in [1.165, 1.54) is 7.11 Å². The number of rotatable bonds is 4. The second-order valence-corrected chi connectivity index (χ2v) is 7.43. The molecule has 6 nitrogen and oxygen atoms in total. The fraction of sp³-hybridized carbons (Fsp3) is 0.273. The lowest BCUT2D eigenvalue weighted by atomic mass is 9.96. The number of alkyl halides is 3. The van der Waals surface area contributed by atoms with Gasteiger partial charge in [0.15, 0.2) is 6.04 Å². The van der Waals surface area contributed by atoms with Gasteiger partial charge in [0.05, 0.1) is 19.3 Å². The molecule has 1 aliphatic heterocycles. The molecule has 9 heteroatoms. The SMILES string of the molecule is COc1ccc(NC(=O)c2cnn3c2N[C@@H](c2ccc(C)cc2)C[C@H]3C(F)(F)F)cc1. The Hall–Kier alpha value is -3.49. The van der Waals surface area contributed by atoms with E-state index < -0.39 is 24.2 Å². The fourth-order valence-corrected chi connectivity index (χ4v) is 3.62. The standard InChI is InChI=1S/C22H21F3N4O2/c1-13-3-5-14(6-4-13)18-11-19(22(23,24)25)29-20(28-18)17(12-26-29)21(30)27-15-7-9-16(31-2)10-8-15/h3-10,12,18-19,28H,11H2,1-2H3,(H,27,30)/t18-,19+/m1/s1. The monoisotopic (exact) mass is 430 g/mol. The second-order valence-electron chi connectivity index (χ2n) is 7.43. The first-order valence-electron chi connectivity index (χ1n) is 9.69. The van der Waals surface area contributed by atoms with E-state index >= 15 is 0 Å². The predicted molar refractivity (Wildman–Crippen MR) is 110 cm³/mol. The number of anilines is 2. The number of carbonyl (C=O) groups is 1. The van der Waals surface area contributed by atoms with Crippen LogP contribution in [0.5, 0.6) is 5.75 Å². The Balaban J connectivity index is 1.65. The molecule has 162 valence electrons. The van der Waals surface area contributed by atoms with Crippen LogP contribution >= 0.6 is 0 Å². The molecule has 0 saturated heterocycles. The highest BCUT2D eigenvalue weighted by Crippen LogP contribution is 2.44. The molecule has 0 radical (unpaired) electrons. The van der Waals surface area contributed by atoms with Gasteiger partial charge in [-0.2, -0.15) is 18.3 Å². The van der Waals surface area contributed by atoms with Crippen molar-refractivity contribution in [1.82, 2.24) is 9.78 Å². The molecule has 2 atom stereocenters. The Labute approximate surface area is 177 Å². The highest BCUT2D eigenvalue weighted by atomic mass is 19.4. The van der Waals surface area contributed by atoms with E-state index in [9.17, 15) is 18.0 Å². The van der Waals surface area contributed by atoms with Gasteiger partial charge in [-0.05, 0) is 36.8 Å². The number of fused-ring (bicyclic) bond motifs is 1. The number of aryl methyl sites for hydroxylation is 1. The number of amides is 1. The van der Waals surface area contributed by atoms with Gasteiger partial charge in [-0.25, -0.2) is 4.68 Å². The van der Waals surface area contributed by atoms with Gasteiger partial charge in [-0.15, -0.1) is 0 Å². The number of halogens is 3. The number of carbonyl (C=O) groups excluding carboxylic acids is 1. The number of benzene rings is 2. The lowest BCUT2D eigenvalue weighted by molar-refractivity contribution is -0.173. The summed E-state index contributed by atoms with van der Waals surface area (Å²) in [6.07, 6.45) is -3.56. The van der Waals surface area contributed by atoms with Crippen molar-refractivity contribution in [2.45, 2.75) is 31.6 Å². The molecule has 3 aromatic rings. The highest BCUT2D eigenvalue weighted by molar-refractivity contribution is 6.07. The van der Waals surface area contributed by atoms with Gasteiger partial charge in [0, 0.05) is 12.1 Å². The number of nitrogens with one attached hydrogen (secondary N) is 2. The molecule has 0 fully saturated rings. The Bertz CT molecular complexity index is 1080. The Morgan fingerprint density at radius 3 is 2.45 bits per heavy atom. The minimum Gasteiger partial charge on any atom is -0.497 e. The van der Waals surface area contributed by atoms with Crippen molar-refractivity contribution >= 4 is 17.4 Å². The maximum atomic E-state index is 13.8. The quantitative estimate of drug-likeness (QED) is 0.603. The number of hydrogen-bond donors (Lipinski definition) is 2. The second kappa shape index (κ2) is 7.98. The first kappa shape index (κ1) is 20.8. The molecule has 0 saturated carbocycles. The molecule has 0 unspecified atom stereocenters. The van der Waals surface area contributed by atoms with Crippen LogP contribution < -0.4 is 15.4 Å². The highest BCUT2D eigenvalue weighted by Gasteiger charge is 2.47. The molecule has 0 bridgehead atoms. The van der Waals surface area contributed by atoms with E-state index in [0.717, 1.165) is 16.4 Å². The maximum Gasteiger partial charge on any atom is 0.410 e. The van der Waals surface area contributed by atoms with Gasteiger partial charge < -0.3 is 15.4 Å². The van der Waals surface area contributed by atoms with Crippen LogP contribution in [0.2, 0.25) is 0 Å². The van der Waals surface area contributed by atoms with Gasteiger partial charge in [0.2, 0.25) is 0 Å². The average Bonchev–Trinajstić information content (AvgIpc) is 3.17. The molecular formula is C22H21F3N4O2. The van der Waals surface area contributed by atoms with E-state index in [-0.39, 0.29) is 17.8 Å². The van der Waals surface area contributed by atoms with Crippen molar-refractivity contribution in [3.05, 3.63) is 71.4 Å². The zero-order chi connectivity index (χ0) is 22.2. The van der Waals surface area contributed by atoms with Crippen molar-refractivity contribution in [2.75, 3.05) is 17.7 Å². The van der Waals surface area contributed by atoms with Gasteiger partial charge in [-0.3, -0.25) is 4.79 Å². The molecule has 2 heterocycles. The van der Waals surface area contributed by atoms with Gasteiger partial charge in [0.1, 0.15) is 17.1 Å². The zero-order valence-electron chi connectivity index (χ0n) is 16.9. The lowest BCUT2D eigenvalue weighted by Gasteiger charge is -2.34. The zero-order valence-corrected chi connectivity index (χ0v) is 16.9. The van der Waals surface area contributed by atoms with E-state index in [4.69, 9.17) is 4.74 Å². The number of hydrogen-bond acceptors (Lipinski definition) is 4. The average molecular weight is 430 g/mol. The third-order valence-electron chi connectivity index (χ3n) is 5.31. The molecule has 1 aliphatic rings. The Morgan fingerprint density at radius 2 is 1.84 bits per heavy atom. The summed E-state index contributed by atoms with van der Waals surface area (Å²) in [6.45, 7) is 1.91. The molecule has 2 aromatic carbocycles. The van der Waals surface area contributed by atoms with E-state index in [0.29, 0.717) is 17.0 Å². The van der Waals surface area contributed by atoms with Crippen molar-refractivity contribution < 1.29 is 22.7 Å². The molecular weight excluding hydrogens is 409 g/mol. The van der Waals surface area contributed by atoms with Crippen LogP contribution in [0.25, 0.3) is 0 Å². The first-order valence-corrected chi connectivity index (χ1v) is 9.69. The van der Waals surface area contributed by atoms with Crippen molar-refractivity contribution in [1.29, 1.82) is 0 Å². The summed E-state index contributed by atoms with van der Waals surface area (Å²) in [4.78, 5) is 12.8. The van der Waals surface area contributed by atoms with Crippen molar-refractivity contribution in [2.24, 2.45) is 0 Å². The van der Waals surface area contributed by atoms with Crippen LogP contribution in [0.4, 0.5) is 24.7 Å². The van der Waals surface area contributed by atoms with Crippen molar-refractivity contribution in [3.63, 3.8) is 0 Å². The fourth-order valence-electron chi connectivity index (χ4n) is 3.62. The van der Waals surface area contributed by atoms with Crippen LogP contribution in [0.1, 0.15) is 40.0 Å². The summed E-state index contributed by atoms with van der Waals surface area (Å²) in [5.41, 5.74) is 2.26. The van der Waals surface area contributed by atoms with Crippen molar-refractivity contribution in [3.8, 4) is 5.75 Å². The topological polar surface area (TPSA) is 68.2 Å². The number of methoxy groups -OCH3 is 1. The molecule has 0 aliphatic carbocycles. The van der Waals surface area contributed by atoms with Crippen LogP contribution in [-0.4, -0.2) is 29.0 Å². The van der Waals surface area contributed by atoms with E-state index in [2.05, 4.69) is 15.7 Å².